The van der Waals surface area contributed by atoms with Crippen LogP contribution in [-0.2, 0) is 6.42 Å². The molecule has 118 valence electrons. The number of rotatable bonds is 5. The van der Waals surface area contributed by atoms with E-state index in [1.165, 1.54) is 10.8 Å². The Hall–Kier alpha value is -1.96. The Kier molecular flexibility index (Phi) is 7.51. The Bertz CT molecular complexity index is 680. The van der Waals surface area contributed by atoms with Gasteiger partial charge in [-0.25, -0.2) is 0 Å². The molecule has 2 heteroatoms. The number of aryl methyl sites for hydroxylation is 1. The summed E-state index contributed by atoms with van der Waals surface area (Å²) in [6, 6.07) is 6.23. The van der Waals surface area contributed by atoms with Crippen LogP contribution >= 0.6 is 0 Å². The highest BCUT2D eigenvalue weighted by atomic mass is 19.1. The number of fused-ring (bicyclic) bond motifs is 1. The summed E-state index contributed by atoms with van der Waals surface area (Å²) in [7, 11) is 0. The smallest absolute Gasteiger partial charge is 0.0897 e. The Labute approximate surface area is 133 Å². The van der Waals surface area contributed by atoms with Crippen molar-refractivity contribution in [2.75, 3.05) is 6.67 Å². The monoisotopic (exact) mass is 299 g/mol. The predicted molar refractivity (Wildman–Crippen MR) is 96.3 cm³/mol. The molecule has 1 aromatic rings. The van der Waals surface area contributed by atoms with E-state index >= 15 is 0 Å². The fourth-order valence-electron chi connectivity index (χ4n) is 2.61. The van der Waals surface area contributed by atoms with Crippen molar-refractivity contribution < 1.29 is 4.39 Å². The van der Waals surface area contributed by atoms with Crippen LogP contribution < -0.4 is 10.4 Å². The number of alkyl halides is 1. The fraction of sp³-hybridized carbons (Fsp3) is 0.350. The molecule has 0 radical (unpaired) electrons. The highest BCUT2D eigenvalue weighted by Crippen LogP contribution is 2.15. The van der Waals surface area contributed by atoms with Gasteiger partial charge in [0.05, 0.1) is 12.4 Å². The van der Waals surface area contributed by atoms with E-state index < -0.39 is 0 Å². The molecule has 0 saturated carbocycles. The third kappa shape index (κ3) is 4.03. The van der Waals surface area contributed by atoms with Crippen LogP contribution in [0, 0.1) is 0 Å². The van der Waals surface area contributed by atoms with E-state index in [0.29, 0.717) is 12.1 Å². The first-order valence-corrected chi connectivity index (χ1v) is 7.89. The number of nitrogens with zero attached hydrogens (tertiary/aromatic N) is 1. The molecule has 0 aromatic heterocycles. The number of halogens is 1. The zero-order valence-corrected chi connectivity index (χ0v) is 14.0. The average Bonchev–Trinajstić information content (AvgIpc) is 2.74. The summed E-state index contributed by atoms with van der Waals surface area (Å²) >= 11 is 0. The summed E-state index contributed by atoms with van der Waals surface area (Å²) in [5, 5.41) is 2.36. The van der Waals surface area contributed by atoms with Crippen LogP contribution in [0.1, 0.15) is 39.2 Å². The minimum atomic E-state index is -0.293. The van der Waals surface area contributed by atoms with Crippen LogP contribution in [0.2, 0.25) is 0 Å². The van der Waals surface area contributed by atoms with Gasteiger partial charge in [0.1, 0.15) is 0 Å². The largest absolute Gasteiger partial charge is 0.265 e. The Morgan fingerprint density at radius 1 is 1.32 bits per heavy atom. The summed E-state index contributed by atoms with van der Waals surface area (Å²) in [4.78, 5) is 3.98. The molecule has 1 aliphatic carbocycles. The van der Waals surface area contributed by atoms with Crippen LogP contribution in [0.25, 0.3) is 11.1 Å². The van der Waals surface area contributed by atoms with Gasteiger partial charge in [-0.1, -0.05) is 56.4 Å². The Morgan fingerprint density at radius 3 is 2.68 bits per heavy atom. The molecule has 0 unspecified atom stereocenters. The lowest BCUT2D eigenvalue weighted by Gasteiger charge is -2.08. The van der Waals surface area contributed by atoms with Gasteiger partial charge in [-0.05, 0) is 48.9 Å². The molecule has 0 aliphatic heterocycles. The number of hydrogen-bond donors (Lipinski definition) is 0. The van der Waals surface area contributed by atoms with E-state index in [1.54, 1.807) is 0 Å². The SMILES string of the molecule is C=NC(=C)C1=c2c(CCCF)cccc2=C(C)CC=C1.CC. The van der Waals surface area contributed by atoms with E-state index in [1.807, 2.05) is 19.9 Å². The van der Waals surface area contributed by atoms with Crippen molar-refractivity contribution in [3.05, 3.63) is 58.6 Å². The normalized spacial score (nSPS) is 12.9. The van der Waals surface area contributed by atoms with Crippen molar-refractivity contribution in [1.29, 1.82) is 0 Å². The molecule has 2 rings (SSSR count). The minimum absolute atomic E-state index is 0.293. The zero-order valence-electron chi connectivity index (χ0n) is 14.0. The van der Waals surface area contributed by atoms with Crippen molar-refractivity contribution in [1.82, 2.24) is 0 Å². The van der Waals surface area contributed by atoms with Crippen molar-refractivity contribution >= 4 is 17.9 Å². The van der Waals surface area contributed by atoms with Crippen LogP contribution in [0.15, 0.2) is 47.6 Å². The molecule has 1 aliphatic rings. The summed E-state index contributed by atoms with van der Waals surface area (Å²) in [6.07, 6.45) is 6.37. The Balaban J connectivity index is 0.00000116. The van der Waals surface area contributed by atoms with Gasteiger partial charge in [-0.15, -0.1) is 0 Å². The van der Waals surface area contributed by atoms with Gasteiger partial charge >= 0.3 is 0 Å². The summed E-state index contributed by atoms with van der Waals surface area (Å²) in [6.45, 7) is 13.4. The second kappa shape index (κ2) is 9.14. The number of allylic oxidation sites excluding steroid dienone is 2. The highest BCUT2D eigenvalue weighted by Gasteiger charge is 2.08. The van der Waals surface area contributed by atoms with Crippen LogP contribution in [0.3, 0.4) is 0 Å². The van der Waals surface area contributed by atoms with E-state index in [0.717, 1.165) is 29.2 Å². The first-order valence-electron chi connectivity index (χ1n) is 7.89. The molecular weight excluding hydrogens is 273 g/mol. The van der Waals surface area contributed by atoms with Crippen LogP contribution in [0.5, 0.6) is 0 Å². The van der Waals surface area contributed by atoms with Crippen molar-refractivity contribution in [3.8, 4) is 0 Å². The number of aliphatic imine (C=N–C) groups is 1. The average molecular weight is 299 g/mol. The van der Waals surface area contributed by atoms with Gasteiger partial charge in [0, 0.05) is 5.57 Å². The van der Waals surface area contributed by atoms with Gasteiger partial charge in [0.25, 0.3) is 0 Å². The number of benzene rings is 1. The summed E-state index contributed by atoms with van der Waals surface area (Å²) < 4.78 is 12.5. The maximum absolute atomic E-state index is 12.5. The first kappa shape index (κ1) is 18.1. The maximum Gasteiger partial charge on any atom is 0.0897 e. The van der Waals surface area contributed by atoms with Crippen molar-refractivity contribution in [3.63, 3.8) is 0 Å². The third-order valence-corrected chi connectivity index (χ3v) is 3.67. The molecule has 22 heavy (non-hydrogen) atoms. The molecule has 1 aromatic carbocycles. The lowest BCUT2D eigenvalue weighted by molar-refractivity contribution is 0.472. The maximum atomic E-state index is 12.5. The summed E-state index contributed by atoms with van der Waals surface area (Å²) in [5.41, 5.74) is 4.14. The van der Waals surface area contributed by atoms with Crippen LogP contribution in [-0.4, -0.2) is 13.4 Å². The Morgan fingerprint density at radius 2 is 2.05 bits per heavy atom. The molecule has 0 fully saturated rings. The van der Waals surface area contributed by atoms with E-state index in [-0.39, 0.29) is 6.67 Å². The summed E-state index contributed by atoms with van der Waals surface area (Å²) in [5.74, 6) is 0. The second-order valence-electron chi connectivity index (χ2n) is 5.04. The standard InChI is InChI=1S/C18H20FN.C2H6/c1-13-7-4-11-17(14(2)20-3)18-15(9-6-12-19)8-5-10-16(13)18;1-2/h4-5,8,10-11H,2-3,6-7,9,12H2,1H3;1-2H3. The van der Waals surface area contributed by atoms with Gasteiger partial charge in [0.2, 0.25) is 0 Å². The molecule has 0 bridgehead atoms. The van der Waals surface area contributed by atoms with Crippen molar-refractivity contribution in [2.45, 2.75) is 40.0 Å². The fourth-order valence-corrected chi connectivity index (χ4v) is 2.61. The van der Waals surface area contributed by atoms with E-state index in [9.17, 15) is 4.39 Å². The van der Waals surface area contributed by atoms with E-state index in [4.69, 9.17) is 0 Å². The van der Waals surface area contributed by atoms with Crippen LogP contribution in [0.4, 0.5) is 4.39 Å². The lowest BCUT2D eigenvalue weighted by atomic mass is 9.99. The molecule has 0 heterocycles. The van der Waals surface area contributed by atoms with Gasteiger partial charge in [-0.3, -0.25) is 9.38 Å². The first-order chi connectivity index (χ1) is 10.7. The molecule has 1 nitrogen and oxygen atoms in total. The quantitative estimate of drug-likeness (QED) is 0.726. The van der Waals surface area contributed by atoms with Crippen molar-refractivity contribution in [2.24, 2.45) is 4.99 Å². The molecular formula is C20H26FN. The lowest BCUT2D eigenvalue weighted by Crippen LogP contribution is -2.32. The molecule has 0 atom stereocenters. The topological polar surface area (TPSA) is 12.4 Å². The third-order valence-electron chi connectivity index (χ3n) is 3.67. The van der Waals surface area contributed by atoms with Gasteiger partial charge in [-0.2, -0.15) is 0 Å². The molecule has 0 spiro atoms. The highest BCUT2D eigenvalue weighted by molar-refractivity contribution is 5.75. The second-order valence-corrected chi connectivity index (χ2v) is 5.04. The molecule has 0 N–H and O–H groups in total. The molecule has 0 saturated heterocycles. The number of hydrogen-bond acceptors (Lipinski definition) is 1. The van der Waals surface area contributed by atoms with E-state index in [2.05, 4.69) is 49.5 Å². The van der Waals surface area contributed by atoms with Gasteiger partial charge in [0.15, 0.2) is 0 Å². The van der Waals surface area contributed by atoms with Gasteiger partial charge < -0.3 is 0 Å². The predicted octanol–water partition coefficient (Wildman–Crippen LogP) is 4.11. The molecule has 0 amide bonds. The minimum Gasteiger partial charge on any atom is -0.265 e. The zero-order chi connectivity index (χ0) is 16.5.